The minimum Gasteiger partial charge on any atom is -0.464 e. The highest BCUT2D eigenvalue weighted by atomic mass is 79.9. The van der Waals surface area contributed by atoms with Gasteiger partial charge in [-0.3, -0.25) is 0 Å². The highest BCUT2D eigenvalue weighted by Crippen LogP contribution is 2.30. The van der Waals surface area contributed by atoms with Crippen molar-refractivity contribution in [2.45, 2.75) is 0 Å². The quantitative estimate of drug-likeness (QED) is 0.598. The Morgan fingerprint density at radius 3 is 2.61 bits per heavy atom. The molecule has 0 N–H and O–H groups in total. The molecule has 0 atom stereocenters. The van der Waals surface area contributed by atoms with Crippen LogP contribution < -0.4 is 0 Å². The molecule has 0 aliphatic heterocycles. The zero-order valence-corrected chi connectivity index (χ0v) is 10.5. The lowest BCUT2D eigenvalue weighted by atomic mass is 10.1. The molecule has 0 saturated heterocycles. The smallest absolute Gasteiger partial charge is 0.357 e. The standard InChI is InChI=1S/C11H5BrF3NO2/c1-18-11(17)10-4-2-6(13)8(14)9(15)7(4)5(12)3-16-10/h2-3H,1H3. The molecule has 0 fully saturated rings. The number of halogens is 4. The molecule has 1 heterocycles. The first kappa shape index (κ1) is 12.8. The zero-order chi connectivity index (χ0) is 13.4. The number of benzene rings is 1. The molecule has 0 spiro atoms. The molecule has 7 heteroatoms. The second-order valence-corrected chi connectivity index (χ2v) is 4.21. The zero-order valence-electron chi connectivity index (χ0n) is 8.93. The van der Waals surface area contributed by atoms with E-state index in [1.807, 2.05) is 0 Å². The summed E-state index contributed by atoms with van der Waals surface area (Å²) in [7, 11) is 1.11. The molecule has 0 aliphatic rings. The number of methoxy groups -OCH3 is 1. The van der Waals surface area contributed by atoms with Gasteiger partial charge in [0.2, 0.25) is 0 Å². The first-order valence-corrected chi connectivity index (χ1v) is 5.46. The molecular weight excluding hydrogens is 315 g/mol. The van der Waals surface area contributed by atoms with E-state index >= 15 is 0 Å². The highest BCUT2D eigenvalue weighted by Gasteiger charge is 2.21. The molecule has 0 bridgehead atoms. The third kappa shape index (κ3) is 1.84. The summed E-state index contributed by atoms with van der Waals surface area (Å²) in [6.45, 7) is 0. The van der Waals surface area contributed by atoms with Crippen LogP contribution in [0, 0.1) is 17.5 Å². The van der Waals surface area contributed by atoms with E-state index in [1.165, 1.54) is 0 Å². The summed E-state index contributed by atoms with van der Waals surface area (Å²) in [4.78, 5) is 15.1. The largest absolute Gasteiger partial charge is 0.464 e. The maximum atomic E-state index is 13.6. The van der Waals surface area contributed by atoms with Crippen LogP contribution in [0.1, 0.15) is 10.5 Å². The van der Waals surface area contributed by atoms with E-state index in [2.05, 4.69) is 25.7 Å². The fourth-order valence-electron chi connectivity index (χ4n) is 1.53. The van der Waals surface area contributed by atoms with Crippen LogP contribution in [-0.2, 0) is 4.74 Å². The Morgan fingerprint density at radius 2 is 2.00 bits per heavy atom. The maximum Gasteiger partial charge on any atom is 0.357 e. The normalized spacial score (nSPS) is 10.7. The topological polar surface area (TPSA) is 39.2 Å². The van der Waals surface area contributed by atoms with Gasteiger partial charge in [0, 0.05) is 21.4 Å². The second-order valence-electron chi connectivity index (χ2n) is 3.36. The highest BCUT2D eigenvalue weighted by molar-refractivity contribution is 9.10. The number of nitrogens with zero attached hydrogens (tertiary/aromatic N) is 1. The molecule has 0 amide bonds. The first-order chi connectivity index (χ1) is 8.47. The Hall–Kier alpha value is -1.63. The van der Waals surface area contributed by atoms with Crippen LogP contribution in [0.25, 0.3) is 10.8 Å². The number of hydrogen-bond donors (Lipinski definition) is 0. The van der Waals surface area contributed by atoms with E-state index in [-0.39, 0.29) is 20.9 Å². The van der Waals surface area contributed by atoms with Gasteiger partial charge >= 0.3 is 5.97 Å². The SMILES string of the molecule is COC(=O)c1ncc(Br)c2c(F)c(F)c(F)cc12. The summed E-state index contributed by atoms with van der Waals surface area (Å²) < 4.78 is 44.5. The van der Waals surface area contributed by atoms with Gasteiger partial charge in [0.05, 0.1) is 7.11 Å². The number of ether oxygens (including phenoxy) is 1. The molecule has 2 aromatic rings. The Morgan fingerprint density at radius 1 is 1.33 bits per heavy atom. The van der Waals surface area contributed by atoms with Crippen molar-refractivity contribution in [1.82, 2.24) is 4.98 Å². The van der Waals surface area contributed by atoms with Crippen molar-refractivity contribution in [3.63, 3.8) is 0 Å². The Labute approximate surface area is 108 Å². The first-order valence-electron chi connectivity index (χ1n) is 4.67. The predicted molar refractivity (Wildman–Crippen MR) is 60.7 cm³/mol. The van der Waals surface area contributed by atoms with Crippen LogP contribution >= 0.6 is 15.9 Å². The Balaban J connectivity index is 2.94. The number of fused-ring (bicyclic) bond motifs is 1. The van der Waals surface area contributed by atoms with Crippen LogP contribution in [0.15, 0.2) is 16.7 Å². The van der Waals surface area contributed by atoms with Crippen LogP contribution in [0.2, 0.25) is 0 Å². The summed E-state index contributed by atoms with van der Waals surface area (Å²) in [6, 6.07) is 0.706. The average Bonchev–Trinajstić information content (AvgIpc) is 2.35. The van der Waals surface area contributed by atoms with Crippen molar-refractivity contribution >= 4 is 32.7 Å². The lowest BCUT2D eigenvalue weighted by Gasteiger charge is -2.07. The number of esters is 1. The van der Waals surface area contributed by atoms with Gasteiger partial charge in [0.1, 0.15) is 0 Å². The summed E-state index contributed by atoms with van der Waals surface area (Å²) in [5, 5.41) is -0.420. The monoisotopic (exact) mass is 319 g/mol. The van der Waals surface area contributed by atoms with Crippen molar-refractivity contribution in [2.75, 3.05) is 7.11 Å². The van der Waals surface area contributed by atoms with Crippen LogP contribution in [0.3, 0.4) is 0 Å². The van der Waals surface area contributed by atoms with Crippen molar-refractivity contribution < 1.29 is 22.7 Å². The van der Waals surface area contributed by atoms with E-state index in [0.29, 0.717) is 6.07 Å². The number of carbonyl (C=O) groups excluding carboxylic acids is 1. The third-order valence-electron chi connectivity index (χ3n) is 2.34. The van der Waals surface area contributed by atoms with E-state index in [9.17, 15) is 18.0 Å². The molecule has 0 unspecified atom stereocenters. The fraction of sp³-hybridized carbons (Fsp3) is 0.0909. The van der Waals surface area contributed by atoms with Gasteiger partial charge in [-0.15, -0.1) is 0 Å². The van der Waals surface area contributed by atoms with Crippen molar-refractivity contribution in [3.05, 3.63) is 39.9 Å². The number of aromatic nitrogens is 1. The lowest BCUT2D eigenvalue weighted by Crippen LogP contribution is -2.07. The molecule has 2 rings (SSSR count). The van der Waals surface area contributed by atoms with Crippen molar-refractivity contribution in [1.29, 1.82) is 0 Å². The van der Waals surface area contributed by atoms with Gasteiger partial charge in [0.15, 0.2) is 23.1 Å². The summed E-state index contributed by atoms with van der Waals surface area (Å²) >= 11 is 2.97. The van der Waals surface area contributed by atoms with Crippen LogP contribution in [-0.4, -0.2) is 18.1 Å². The third-order valence-corrected chi connectivity index (χ3v) is 2.94. The van der Waals surface area contributed by atoms with Crippen LogP contribution in [0.4, 0.5) is 13.2 Å². The van der Waals surface area contributed by atoms with Gasteiger partial charge in [0.25, 0.3) is 0 Å². The number of pyridine rings is 1. The molecule has 18 heavy (non-hydrogen) atoms. The average molecular weight is 320 g/mol. The Bertz CT molecular complexity index is 661. The summed E-state index contributed by atoms with van der Waals surface area (Å²) in [5.74, 6) is -5.25. The van der Waals surface area contributed by atoms with E-state index in [4.69, 9.17) is 0 Å². The van der Waals surface area contributed by atoms with Crippen molar-refractivity contribution in [3.8, 4) is 0 Å². The minimum absolute atomic E-state index is 0.113. The van der Waals surface area contributed by atoms with E-state index in [1.54, 1.807) is 0 Å². The summed E-state index contributed by atoms with van der Waals surface area (Å²) in [6.07, 6.45) is 1.12. The fourth-order valence-corrected chi connectivity index (χ4v) is 2.02. The molecule has 3 nitrogen and oxygen atoms in total. The molecular formula is C11H5BrF3NO2. The molecule has 0 radical (unpaired) electrons. The van der Waals surface area contributed by atoms with E-state index < -0.39 is 23.4 Å². The van der Waals surface area contributed by atoms with Gasteiger partial charge in [-0.1, -0.05) is 0 Å². The number of carbonyl (C=O) groups is 1. The van der Waals surface area contributed by atoms with Crippen molar-refractivity contribution in [2.24, 2.45) is 0 Å². The van der Waals surface area contributed by atoms with Gasteiger partial charge in [-0.05, 0) is 22.0 Å². The minimum atomic E-state index is -1.61. The molecule has 0 aliphatic carbocycles. The molecule has 1 aromatic heterocycles. The Kier molecular flexibility index (Phi) is 3.25. The number of rotatable bonds is 1. The van der Waals surface area contributed by atoms with Gasteiger partial charge in [-0.2, -0.15) is 0 Å². The number of hydrogen-bond acceptors (Lipinski definition) is 3. The predicted octanol–water partition coefficient (Wildman–Crippen LogP) is 3.20. The molecule has 0 saturated carbocycles. The maximum absolute atomic E-state index is 13.6. The van der Waals surface area contributed by atoms with Crippen LogP contribution in [0.5, 0.6) is 0 Å². The van der Waals surface area contributed by atoms with E-state index in [0.717, 1.165) is 13.3 Å². The summed E-state index contributed by atoms with van der Waals surface area (Å²) in [5.41, 5.74) is -0.284. The lowest BCUT2D eigenvalue weighted by molar-refractivity contribution is 0.0596. The van der Waals surface area contributed by atoms with Gasteiger partial charge < -0.3 is 4.74 Å². The second kappa shape index (κ2) is 4.56. The van der Waals surface area contributed by atoms with Gasteiger partial charge in [-0.25, -0.2) is 22.9 Å². The molecule has 1 aromatic carbocycles. The molecule has 94 valence electrons.